The molecule has 1 amide bonds. The van der Waals surface area contributed by atoms with Gasteiger partial charge in [-0.1, -0.05) is 0 Å². The Kier molecular flexibility index (Phi) is 2.97. The van der Waals surface area contributed by atoms with Crippen molar-refractivity contribution >= 4 is 11.9 Å². The third kappa shape index (κ3) is 2.09. The second kappa shape index (κ2) is 4.64. The van der Waals surface area contributed by atoms with Crippen LogP contribution in [0.25, 0.3) is 0 Å². The lowest BCUT2D eigenvalue weighted by atomic mass is 9.95. The van der Waals surface area contributed by atoms with Crippen molar-refractivity contribution in [2.45, 2.75) is 37.8 Å². The average molecular weight is 260 g/mol. The van der Waals surface area contributed by atoms with Crippen molar-refractivity contribution in [2.24, 2.45) is 5.92 Å². The van der Waals surface area contributed by atoms with Gasteiger partial charge in [0.1, 0.15) is 0 Å². The van der Waals surface area contributed by atoms with E-state index in [9.17, 15) is 9.59 Å². The van der Waals surface area contributed by atoms with Crippen LogP contribution in [0.3, 0.4) is 0 Å². The summed E-state index contributed by atoms with van der Waals surface area (Å²) >= 11 is 0. The van der Waals surface area contributed by atoms with Gasteiger partial charge in [0.05, 0.1) is 12.0 Å². The number of amides is 1. The van der Waals surface area contributed by atoms with Crippen molar-refractivity contribution in [3.63, 3.8) is 0 Å². The van der Waals surface area contributed by atoms with E-state index in [1.54, 1.807) is 29.4 Å². The number of hydrogen-bond donors (Lipinski definition) is 1. The average Bonchev–Trinajstić information content (AvgIpc) is 2.99. The van der Waals surface area contributed by atoms with Crippen molar-refractivity contribution < 1.29 is 14.7 Å². The molecule has 1 aromatic rings. The standard InChI is InChI=1S/C14H16N2O3/c17-13(18)7-12-9-3-4-11(6-9)16(12)14(19)10-2-1-5-15-8-10/h1-2,5,8-9,11-12H,3-4,6-7H2,(H,17,18)/t9-,11+,12+/m0/s1. The van der Waals surface area contributed by atoms with Crippen LogP contribution in [0.2, 0.25) is 0 Å². The van der Waals surface area contributed by atoms with Gasteiger partial charge in [-0.15, -0.1) is 0 Å². The number of hydrogen-bond acceptors (Lipinski definition) is 3. The number of carbonyl (C=O) groups is 2. The number of carboxylic acid groups (broad SMARTS) is 1. The van der Waals surface area contributed by atoms with E-state index in [0.717, 1.165) is 19.3 Å². The number of carbonyl (C=O) groups excluding carboxylic acids is 1. The van der Waals surface area contributed by atoms with E-state index in [0.29, 0.717) is 11.5 Å². The first kappa shape index (κ1) is 12.1. The molecule has 5 heteroatoms. The van der Waals surface area contributed by atoms with E-state index in [4.69, 9.17) is 5.11 Å². The summed E-state index contributed by atoms with van der Waals surface area (Å²) in [6.45, 7) is 0. The van der Waals surface area contributed by atoms with Gasteiger partial charge in [-0.25, -0.2) is 0 Å². The first-order valence-electron chi connectivity index (χ1n) is 6.61. The number of aliphatic carboxylic acids is 1. The Balaban J connectivity index is 1.85. The maximum atomic E-state index is 12.5. The molecule has 1 N–H and O–H groups in total. The summed E-state index contributed by atoms with van der Waals surface area (Å²) in [5.74, 6) is -0.560. The number of carboxylic acids is 1. The monoisotopic (exact) mass is 260 g/mol. The van der Waals surface area contributed by atoms with Gasteiger partial charge in [0.25, 0.3) is 5.91 Å². The highest BCUT2D eigenvalue weighted by molar-refractivity contribution is 5.95. The zero-order valence-electron chi connectivity index (χ0n) is 10.5. The molecule has 1 aliphatic heterocycles. The first-order valence-corrected chi connectivity index (χ1v) is 6.61. The summed E-state index contributed by atoms with van der Waals surface area (Å²) in [6, 6.07) is 3.53. The Morgan fingerprint density at radius 1 is 1.42 bits per heavy atom. The van der Waals surface area contributed by atoms with E-state index in [1.165, 1.54) is 0 Å². The minimum atomic E-state index is -0.832. The van der Waals surface area contributed by atoms with Gasteiger partial charge in [-0.2, -0.15) is 0 Å². The van der Waals surface area contributed by atoms with E-state index in [-0.39, 0.29) is 24.4 Å². The van der Waals surface area contributed by atoms with Crippen LogP contribution in [-0.4, -0.2) is 39.0 Å². The molecule has 2 aliphatic rings. The SMILES string of the molecule is O=C(O)C[C@@H]1[C@H]2CC[C@H](C2)N1C(=O)c1cccnc1. The fourth-order valence-electron chi connectivity index (χ4n) is 3.49. The van der Waals surface area contributed by atoms with E-state index in [1.807, 2.05) is 0 Å². The quantitative estimate of drug-likeness (QED) is 0.895. The molecular formula is C14H16N2O3. The molecule has 19 heavy (non-hydrogen) atoms. The fraction of sp³-hybridized carbons (Fsp3) is 0.500. The Morgan fingerprint density at radius 2 is 2.26 bits per heavy atom. The predicted octanol–water partition coefficient (Wildman–Crippen LogP) is 1.55. The number of nitrogens with zero attached hydrogens (tertiary/aromatic N) is 2. The number of likely N-dealkylation sites (tertiary alicyclic amines) is 1. The van der Waals surface area contributed by atoms with E-state index >= 15 is 0 Å². The van der Waals surface area contributed by atoms with Gasteiger partial charge in [-0.3, -0.25) is 14.6 Å². The van der Waals surface area contributed by atoms with E-state index in [2.05, 4.69) is 4.98 Å². The molecule has 2 bridgehead atoms. The summed E-state index contributed by atoms with van der Waals surface area (Å²) in [6.07, 6.45) is 6.21. The van der Waals surface area contributed by atoms with Crippen LogP contribution in [0.4, 0.5) is 0 Å². The topological polar surface area (TPSA) is 70.5 Å². The van der Waals surface area contributed by atoms with Crippen LogP contribution >= 0.6 is 0 Å². The van der Waals surface area contributed by atoms with Crippen LogP contribution in [0.15, 0.2) is 24.5 Å². The molecule has 2 heterocycles. The molecule has 2 fully saturated rings. The number of rotatable bonds is 3. The number of pyridine rings is 1. The van der Waals surface area contributed by atoms with Gasteiger partial charge in [0.2, 0.25) is 0 Å². The number of piperidine rings is 1. The van der Waals surface area contributed by atoms with Crippen LogP contribution in [0, 0.1) is 5.92 Å². The van der Waals surface area contributed by atoms with Crippen molar-refractivity contribution in [3.05, 3.63) is 30.1 Å². The molecule has 3 atom stereocenters. The Hall–Kier alpha value is -1.91. The molecule has 5 nitrogen and oxygen atoms in total. The van der Waals surface area contributed by atoms with Crippen LogP contribution in [-0.2, 0) is 4.79 Å². The zero-order valence-corrected chi connectivity index (χ0v) is 10.5. The third-order valence-corrected chi connectivity index (χ3v) is 4.27. The van der Waals surface area contributed by atoms with Crippen LogP contribution in [0.1, 0.15) is 36.0 Å². The fourth-order valence-corrected chi connectivity index (χ4v) is 3.49. The van der Waals surface area contributed by atoms with Crippen LogP contribution in [0.5, 0.6) is 0 Å². The van der Waals surface area contributed by atoms with Crippen LogP contribution < -0.4 is 0 Å². The Labute approximate surface area is 111 Å². The molecule has 1 saturated carbocycles. The highest BCUT2D eigenvalue weighted by Gasteiger charge is 2.48. The lowest BCUT2D eigenvalue weighted by molar-refractivity contribution is -0.138. The summed E-state index contributed by atoms with van der Waals surface area (Å²) in [5, 5.41) is 9.02. The second-order valence-corrected chi connectivity index (χ2v) is 5.35. The van der Waals surface area contributed by atoms with Gasteiger partial charge in [-0.05, 0) is 37.3 Å². The van der Waals surface area contributed by atoms with Gasteiger partial charge in [0, 0.05) is 24.5 Å². The maximum absolute atomic E-state index is 12.5. The number of fused-ring (bicyclic) bond motifs is 2. The molecule has 1 saturated heterocycles. The second-order valence-electron chi connectivity index (χ2n) is 5.35. The molecule has 3 rings (SSSR count). The molecule has 0 radical (unpaired) electrons. The normalized spacial score (nSPS) is 28.6. The maximum Gasteiger partial charge on any atom is 0.305 e. The summed E-state index contributed by atoms with van der Waals surface area (Å²) in [5.41, 5.74) is 0.547. The molecule has 0 spiro atoms. The largest absolute Gasteiger partial charge is 0.481 e. The highest BCUT2D eigenvalue weighted by atomic mass is 16.4. The smallest absolute Gasteiger partial charge is 0.305 e. The molecule has 0 unspecified atom stereocenters. The lowest BCUT2D eigenvalue weighted by Gasteiger charge is -2.34. The molecule has 100 valence electrons. The summed E-state index contributed by atoms with van der Waals surface area (Å²) < 4.78 is 0. The highest BCUT2D eigenvalue weighted by Crippen LogP contribution is 2.44. The van der Waals surface area contributed by atoms with Gasteiger partial charge in [0.15, 0.2) is 0 Å². The van der Waals surface area contributed by atoms with Gasteiger partial charge < -0.3 is 10.0 Å². The van der Waals surface area contributed by atoms with Crippen molar-refractivity contribution in [1.29, 1.82) is 0 Å². The Bertz CT molecular complexity index is 503. The third-order valence-electron chi connectivity index (χ3n) is 4.27. The van der Waals surface area contributed by atoms with Gasteiger partial charge >= 0.3 is 5.97 Å². The molecule has 1 aromatic heterocycles. The molecule has 1 aliphatic carbocycles. The number of aromatic nitrogens is 1. The zero-order chi connectivity index (χ0) is 13.4. The molecular weight excluding hydrogens is 244 g/mol. The van der Waals surface area contributed by atoms with E-state index < -0.39 is 5.97 Å². The minimum absolute atomic E-state index is 0.0488. The Morgan fingerprint density at radius 3 is 2.95 bits per heavy atom. The van der Waals surface area contributed by atoms with Crippen molar-refractivity contribution in [3.8, 4) is 0 Å². The minimum Gasteiger partial charge on any atom is -0.481 e. The van der Waals surface area contributed by atoms with Crippen molar-refractivity contribution in [1.82, 2.24) is 9.88 Å². The molecule has 0 aromatic carbocycles. The lowest BCUT2D eigenvalue weighted by Crippen LogP contribution is -2.46. The summed E-state index contributed by atoms with van der Waals surface area (Å²) in [4.78, 5) is 29.3. The van der Waals surface area contributed by atoms with Crippen molar-refractivity contribution in [2.75, 3.05) is 0 Å². The predicted molar refractivity (Wildman–Crippen MR) is 67.6 cm³/mol. The summed E-state index contributed by atoms with van der Waals surface area (Å²) in [7, 11) is 0. The first-order chi connectivity index (χ1) is 9.16.